The minimum Gasteiger partial charge on any atom is -0.550 e. The molecule has 0 amide bonds. The maximum Gasteiger partial charge on any atom is 0.346 e. The van der Waals surface area contributed by atoms with Crippen LogP contribution >= 0.6 is 0 Å². The number of benzene rings is 2. The summed E-state index contributed by atoms with van der Waals surface area (Å²) in [5, 5.41) is 8.89. The molecule has 1 unspecified atom stereocenters. The summed E-state index contributed by atoms with van der Waals surface area (Å²) in [6.45, 7) is 6.08. The molecular weight excluding hydrogens is 514 g/mol. The van der Waals surface area contributed by atoms with E-state index in [9.17, 15) is 9.59 Å². The summed E-state index contributed by atoms with van der Waals surface area (Å²) in [5.41, 5.74) is 12.8. The van der Waals surface area contributed by atoms with Crippen molar-refractivity contribution in [2.45, 2.75) is 33.3 Å². The molecule has 0 saturated carbocycles. The highest BCUT2D eigenvalue weighted by Gasteiger charge is 2.61. The molecule has 2 aromatic carbocycles. The zero-order chi connectivity index (χ0) is 28.9. The van der Waals surface area contributed by atoms with Crippen LogP contribution in [0.5, 0.6) is 5.75 Å². The second-order valence-electron chi connectivity index (χ2n) is 9.40. The van der Waals surface area contributed by atoms with Gasteiger partial charge in [0, 0.05) is 29.6 Å². The molecule has 3 N–H and O–H groups in total. The molecule has 10 nitrogen and oxygen atoms in total. The number of ether oxygens (including phenoxy) is 3. The minimum absolute atomic E-state index is 0.210. The number of rotatable bonds is 4. The van der Waals surface area contributed by atoms with Crippen molar-refractivity contribution in [3.8, 4) is 17.0 Å². The number of carbonyl (C=O) groups is 3. The van der Waals surface area contributed by atoms with Crippen LogP contribution in [0.1, 0.15) is 59.1 Å². The molecule has 3 aromatic rings. The molecule has 1 atom stereocenters. The van der Waals surface area contributed by atoms with Gasteiger partial charge in [-0.2, -0.15) is 0 Å². The number of carbonyl (C=O) groups excluding carboxylic acids is 3. The van der Waals surface area contributed by atoms with Crippen molar-refractivity contribution < 1.29 is 38.7 Å². The molecule has 0 radical (unpaired) electrons. The van der Waals surface area contributed by atoms with Gasteiger partial charge >= 0.3 is 11.9 Å². The maximum absolute atomic E-state index is 13.2. The number of carboxylic acid groups (broad SMARTS) is 1. The fourth-order valence-electron chi connectivity index (χ4n) is 5.70. The first-order chi connectivity index (χ1) is 19.1. The fourth-order valence-corrected chi connectivity index (χ4v) is 5.70. The summed E-state index contributed by atoms with van der Waals surface area (Å²) in [7, 11) is 1.59. The molecule has 0 fully saturated rings. The number of pyridine rings is 1. The van der Waals surface area contributed by atoms with Gasteiger partial charge in [-0.1, -0.05) is 24.3 Å². The highest BCUT2D eigenvalue weighted by molar-refractivity contribution is 6.24. The Morgan fingerprint density at radius 3 is 2.42 bits per heavy atom. The molecule has 1 aliphatic heterocycles. The van der Waals surface area contributed by atoms with Gasteiger partial charge in [0.15, 0.2) is 5.56 Å². The number of aromatic nitrogens is 1. The molecule has 2 aliphatic carbocycles. The van der Waals surface area contributed by atoms with Crippen molar-refractivity contribution >= 4 is 35.0 Å². The summed E-state index contributed by atoms with van der Waals surface area (Å²) in [4.78, 5) is 43.1. The predicted octanol–water partition coefficient (Wildman–Crippen LogP) is 1.02. The monoisotopic (exact) mass is 541 g/mol. The molecular formula is C30H27N3O7. The van der Waals surface area contributed by atoms with E-state index in [0.717, 1.165) is 29.2 Å². The van der Waals surface area contributed by atoms with Crippen LogP contribution in [0, 0.1) is 6.92 Å². The first kappa shape index (κ1) is 26.6. The van der Waals surface area contributed by atoms with Gasteiger partial charge < -0.3 is 29.8 Å². The largest absolute Gasteiger partial charge is 0.550 e. The summed E-state index contributed by atoms with van der Waals surface area (Å²) in [6, 6.07) is 13.2. The Balaban J connectivity index is 0.000000758. The van der Waals surface area contributed by atoms with Crippen LogP contribution in [0.4, 0.5) is 5.69 Å². The first-order valence-electron chi connectivity index (χ1n) is 12.6. The zero-order valence-corrected chi connectivity index (χ0v) is 22.6. The van der Waals surface area contributed by atoms with Crippen molar-refractivity contribution in [3.05, 3.63) is 81.5 Å². The molecule has 40 heavy (non-hydrogen) atoms. The SMILES string of the molecule is CC(=O)[O-].CCOC(=O)c1c(C)nc2c3c1[NH+]=C1C(=C(N)c4cc(OC)ccc41)C3(OC(C)=O)c1ccccc1-2. The molecule has 3 aliphatic rings. The Morgan fingerprint density at radius 1 is 1.07 bits per heavy atom. The number of nitrogens with one attached hydrogen (secondary N) is 1. The summed E-state index contributed by atoms with van der Waals surface area (Å²) in [6.07, 6.45) is 0. The van der Waals surface area contributed by atoms with Crippen LogP contribution in [-0.4, -0.2) is 42.3 Å². The third kappa shape index (κ3) is 3.75. The summed E-state index contributed by atoms with van der Waals surface area (Å²) in [5.74, 6) is -1.43. The number of aryl methyl sites for hydroxylation is 1. The molecule has 1 aromatic heterocycles. The van der Waals surface area contributed by atoms with E-state index in [1.54, 1.807) is 21.0 Å². The molecule has 10 heteroatoms. The molecule has 0 saturated heterocycles. The lowest BCUT2D eigenvalue weighted by atomic mass is 9.78. The van der Waals surface area contributed by atoms with Crippen LogP contribution in [-0.2, 0) is 24.7 Å². The van der Waals surface area contributed by atoms with Gasteiger partial charge in [0.2, 0.25) is 17.0 Å². The van der Waals surface area contributed by atoms with E-state index in [4.69, 9.17) is 34.8 Å². The Labute approximate surface area is 230 Å². The number of hydrogen-bond acceptors (Lipinski definition) is 9. The normalized spacial score (nSPS) is 16.9. The van der Waals surface area contributed by atoms with Crippen LogP contribution in [0.15, 0.2) is 48.0 Å². The second kappa shape index (κ2) is 9.64. The lowest BCUT2D eigenvalue weighted by Gasteiger charge is -2.34. The van der Waals surface area contributed by atoms with Gasteiger partial charge in [-0.15, -0.1) is 0 Å². The quantitative estimate of drug-likeness (QED) is 0.461. The minimum atomic E-state index is -1.40. The molecule has 6 rings (SSSR count). The lowest BCUT2D eigenvalue weighted by Crippen LogP contribution is -2.72. The number of carboxylic acids is 1. The Bertz CT molecular complexity index is 1680. The van der Waals surface area contributed by atoms with Gasteiger partial charge in [-0.25, -0.2) is 9.79 Å². The van der Waals surface area contributed by atoms with E-state index in [0.29, 0.717) is 50.9 Å². The standard InChI is InChI=1S/C28H23N3O5.C2H4O2/c1-5-35-27(33)20-13(2)30-25-17-8-6-7-9-19(17)28(36-14(3)32)21-23(29)18-12-15(34-4)10-11-16(18)24(21)31-26(20)22(25)28;1-2(3)4/h6-12H,5,29H2,1-4H3;1H3,(H,3,4). The van der Waals surface area contributed by atoms with Crippen LogP contribution in [0.25, 0.3) is 17.0 Å². The van der Waals surface area contributed by atoms with Gasteiger partial charge in [0.25, 0.3) is 0 Å². The van der Waals surface area contributed by atoms with Crippen LogP contribution < -0.4 is 20.6 Å². The van der Waals surface area contributed by atoms with Crippen molar-refractivity contribution in [1.82, 2.24) is 4.98 Å². The number of nitrogens with two attached hydrogens (primary N) is 1. The molecule has 0 bridgehead atoms. The maximum atomic E-state index is 13.2. The Hall–Kier alpha value is -4.99. The fraction of sp³-hybridized carbons (Fsp3) is 0.233. The number of methoxy groups -OCH3 is 1. The third-order valence-electron chi connectivity index (χ3n) is 6.98. The van der Waals surface area contributed by atoms with E-state index in [1.165, 1.54) is 6.92 Å². The average Bonchev–Trinajstić information content (AvgIpc) is 3.33. The molecule has 2 heterocycles. The third-order valence-corrected chi connectivity index (χ3v) is 6.98. The van der Waals surface area contributed by atoms with Gasteiger partial charge in [-0.05, 0) is 39.0 Å². The van der Waals surface area contributed by atoms with Crippen molar-refractivity contribution in [2.24, 2.45) is 5.73 Å². The highest BCUT2D eigenvalue weighted by atomic mass is 16.6. The molecule has 204 valence electrons. The number of esters is 2. The van der Waals surface area contributed by atoms with Crippen LogP contribution in [0.3, 0.4) is 0 Å². The first-order valence-corrected chi connectivity index (χ1v) is 12.6. The van der Waals surface area contributed by atoms with Crippen molar-refractivity contribution in [1.29, 1.82) is 0 Å². The smallest absolute Gasteiger partial charge is 0.346 e. The number of hydrogen-bond donors (Lipinski definition) is 2. The topological polar surface area (TPSA) is 155 Å². The highest BCUT2D eigenvalue weighted by Crippen LogP contribution is 2.59. The summed E-state index contributed by atoms with van der Waals surface area (Å²) >= 11 is 0. The summed E-state index contributed by atoms with van der Waals surface area (Å²) < 4.78 is 17.1. The van der Waals surface area contributed by atoms with E-state index in [2.05, 4.69) is 4.99 Å². The van der Waals surface area contributed by atoms with E-state index >= 15 is 0 Å². The van der Waals surface area contributed by atoms with Gasteiger partial charge in [0.1, 0.15) is 16.9 Å². The molecule has 0 spiro atoms. The average molecular weight is 542 g/mol. The van der Waals surface area contributed by atoms with E-state index < -0.39 is 23.5 Å². The second-order valence-corrected chi connectivity index (χ2v) is 9.40. The van der Waals surface area contributed by atoms with Gasteiger partial charge in [-0.3, -0.25) is 9.78 Å². The Kier molecular flexibility index (Phi) is 6.41. The number of fused-ring (bicyclic) bond motifs is 7. The predicted molar refractivity (Wildman–Crippen MR) is 142 cm³/mol. The van der Waals surface area contributed by atoms with Crippen LogP contribution in [0.2, 0.25) is 0 Å². The van der Waals surface area contributed by atoms with Crippen molar-refractivity contribution in [2.75, 3.05) is 13.7 Å². The number of aliphatic carboxylic acids is 1. The lowest BCUT2D eigenvalue weighted by molar-refractivity contribution is -0.358. The van der Waals surface area contributed by atoms with E-state index in [-0.39, 0.29) is 6.61 Å². The zero-order valence-electron chi connectivity index (χ0n) is 22.6. The number of nitrogens with zero attached hydrogens (tertiary/aromatic N) is 1. The Morgan fingerprint density at radius 2 is 1.77 bits per heavy atom. The van der Waals surface area contributed by atoms with Gasteiger partial charge in [0.05, 0.1) is 36.4 Å². The van der Waals surface area contributed by atoms with Crippen molar-refractivity contribution in [3.63, 3.8) is 0 Å². The van der Waals surface area contributed by atoms with E-state index in [1.807, 2.05) is 42.5 Å².